The van der Waals surface area contributed by atoms with Crippen molar-refractivity contribution in [1.82, 2.24) is 4.98 Å². The highest BCUT2D eigenvalue weighted by atomic mass is 35.5. The summed E-state index contributed by atoms with van der Waals surface area (Å²) in [5, 5.41) is 3.03. The van der Waals surface area contributed by atoms with Crippen LogP contribution in [0.3, 0.4) is 0 Å². The van der Waals surface area contributed by atoms with E-state index in [1.165, 1.54) is 18.3 Å². The molecule has 1 aromatic heterocycles. The smallest absolute Gasteiger partial charge is 0.316 e. The minimum atomic E-state index is -0.626. The molecule has 1 amide bonds. The van der Waals surface area contributed by atoms with Crippen molar-refractivity contribution in [1.29, 1.82) is 0 Å². The van der Waals surface area contributed by atoms with Gasteiger partial charge in [0.25, 0.3) is 0 Å². The second kappa shape index (κ2) is 9.20. The highest BCUT2D eigenvalue weighted by molar-refractivity contribution is 7.14. The Morgan fingerprint density at radius 3 is 2.42 bits per heavy atom. The Labute approximate surface area is 190 Å². The number of amides is 1. The summed E-state index contributed by atoms with van der Waals surface area (Å²) in [6.07, 6.45) is 3.51. The molecular weight excluding hydrogens is 432 g/mol. The molecule has 1 aliphatic rings. The molecular formula is C24H23ClN2O3S. The van der Waals surface area contributed by atoms with Crippen LogP contribution >= 0.6 is 22.9 Å². The molecule has 1 heterocycles. The fourth-order valence-corrected chi connectivity index (χ4v) is 5.10. The van der Waals surface area contributed by atoms with Crippen LogP contribution in [0.1, 0.15) is 43.9 Å². The molecule has 0 aliphatic heterocycles. The van der Waals surface area contributed by atoms with Gasteiger partial charge >= 0.3 is 5.97 Å². The topological polar surface area (TPSA) is 59.5 Å². The van der Waals surface area contributed by atoms with Gasteiger partial charge in [-0.3, -0.25) is 14.5 Å². The van der Waals surface area contributed by atoms with Gasteiger partial charge in [0.2, 0.25) is 5.91 Å². The number of nitrogens with zero attached hydrogens (tertiary/aromatic N) is 2. The number of carbonyl (C=O) groups is 2. The molecule has 1 saturated carbocycles. The number of ether oxygens (including phenoxy) is 1. The van der Waals surface area contributed by atoms with Crippen LogP contribution < -0.4 is 4.90 Å². The summed E-state index contributed by atoms with van der Waals surface area (Å²) in [5.41, 5.74) is 1.70. The number of carbonyl (C=O) groups excluding carboxylic acids is 2. The van der Waals surface area contributed by atoms with Crippen molar-refractivity contribution < 1.29 is 14.3 Å². The molecule has 0 bridgehead atoms. The van der Waals surface area contributed by atoms with E-state index in [0.717, 1.165) is 36.9 Å². The van der Waals surface area contributed by atoms with Crippen LogP contribution in [-0.2, 0) is 26.3 Å². The first-order chi connectivity index (χ1) is 15.0. The summed E-state index contributed by atoms with van der Waals surface area (Å²) in [5.74, 6) is -0.356. The number of rotatable bonds is 6. The van der Waals surface area contributed by atoms with Crippen molar-refractivity contribution in [3.63, 3.8) is 0 Å². The van der Waals surface area contributed by atoms with Crippen LogP contribution in [-0.4, -0.2) is 16.9 Å². The molecule has 0 N–H and O–H groups in total. The second-order valence-electron chi connectivity index (χ2n) is 7.68. The van der Waals surface area contributed by atoms with Crippen molar-refractivity contribution in [2.24, 2.45) is 0 Å². The van der Waals surface area contributed by atoms with Crippen LogP contribution in [0.2, 0.25) is 5.02 Å². The van der Waals surface area contributed by atoms with Gasteiger partial charge < -0.3 is 4.74 Å². The first-order valence-electron chi connectivity index (χ1n) is 10.2. The van der Waals surface area contributed by atoms with Gasteiger partial charge in [-0.15, -0.1) is 11.3 Å². The van der Waals surface area contributed by atoms with E-state index in [4.69, 9.17) is 16.3 Å². The fraction of sp³-hybridized carbons (Fsp3) is 0.292. The molecule has 0 saturated heterocycles. The van der Waals surface area contributed by atoms with E-state index in [1.54, 1.807) is 4.90 Å². The summed E-state index contributed by atoms with van der Waals surface area (Å²) in [7, 11) is 0. The largest absolute Gasteiger partial charge is 0.458 e. The molecule has 1 fully saturated rings. The maximum atomic E-state index is 13.2. The van der Waals surface area contributed by atoms with Crippen molar-refractivity contribution in [3.05, 3.63) is 76.3 Å². The van der Waals surface area contributed by atoms with Gasteiger partial charge in [-0.25, -0.2) is 4.98 Å². The van der Waals surface area contributed by atoms with E-state index in [9.17, 15) is 9.59 Å². The van der Waals surface area contributed by atoms with E-state index in [1.807, 2.05) is 60.0 Å². The molecule has 2 aromatic carbocycles. The number of para-hydroxylation sites is 1. The second-order valence-corrected chi connectivity index (χ2v) is 8.96. The number of benzene rings is 2. The Morgan fingerprint density at radius 2 is 1.77 bits per heavy atom. The normalized spacial score (nSPS) is 14.9. The highest BCUT2D eigenvalue weighted by Gasteiger charge is 2.44. The summed E-state index contributed by atoms with van der Waals surface area (Å²) in [4.78, 5) is 31.5. The van der Waals surface area contributed by atoms with Gasteiger partial charge in [-0.1, -0.05) is 54.8 Å². The van der Waals surface area contributed by atoms with E-state index in [0.29, 0.717) is 15.8 Å². The van der Waals surface area contributed by atoms with Gasteiger partial charge in [0.1, 0.15) is 6.61 Å². The van der Waals surface area contributed by atoms with Crippen LogP contribution in [0.5, 0.6) is 0 Å². The Morgan fingerprint density at radius 1 is 1.10 bits per heavy atom. The van der Waals surface area contributed by atoms with Gasteiger partial charge in [0.15, 0.2) is 5.13 Å². The predicted octanol–water partition coefficient (Wildman–Crippen LogP) is 6.04. The Kier molecular flexibility index (Phi) is 6.39. The number of thiazole rings is 1. The summed E-state index contributed by atoms with van der Waals surface area (Å²) in [6, 6.07) is 16.8. The van der Waals surface area contributed by atoms with Crippen LogP contribution in [0.4, 0.5) is 10.8 Å². The van der Waals surface area contributed by atoms with Crippen molar-refractivity contribution in [2.45, 2.75) is 44.6 Å². The molecule has 5 nitrogen and oxygen atoms in total. The Balaban J connectivity index is 1.49. The van der Waals surface area contributed by atoms with E-state index >= 15 is 0 Å². The molecule has 0 unspecified atom stereocenters. The van der Waals surface area contributed by atoms with Gasteiger partial charge in [0, 0.05) is 17.3 Å². The first-order valence-corrected chi connectivity index (χ1v) is 11.5. The Hall–Kier alpha value is -2.70. The molecule has 0 spiro atoms. The van der Waals surface area contributed by atoms with Crippen LogP contribution in [0, 0.1) is 0 Å². The third-order valence-corrected chi connectivity index (χ3v) is 6.78. The lowest BCUT2D eigenvalue weighted by Gasteiger charge is -2.27. The van der Waals surface area contributed by atoms with E-state index in [-0.39, 0.29) is 18.5 Å². The molecule has 1 aliphatic carbocycles. The lowest BCUT2D eigenvalue weighted by Crippen LogP contribution is -2.34. The lowest BCUT2D eigenvalue weighted by molar-refractivity contribution is -0.152. The quantitative estimate of drug-likeness (QED) is 0.426. The predicted molar refractivity (Wildman–Crippen MR) is 123 cm³/mol. The van der Waals surface area contributed by atoms with Crippen LogP contribution in [0.15, 0.2) is 60.0 Å². The molecule has 160 valence electrons. The minimum Gasteiger partial charge on any atom is -0.458 e. The number of hydrogen-bond acceptors (Lipinski definition) is 5. The molecule has 0 radical (unpaired) electrons. The average Bonchev–Trinajstić information content (AvgIpc) is 3.44. The minimum absolute atomic E-state index is 0.0746. The SMILES string of the molecule is CC(=O)N(c1ccccc1)c1nc(COC(=O)C2(c3ccc(Cl)cc3)CCCC2)cs1. The maximum absolute atomic E-state index is 13.2. The number of halogens is 1. The lowest BCUT2D eigenvalue weighted by atomic mass is 9.79. The van der Waals surface area contributed by atoms with Crippen molar-refractivity contribution >= 4 is 45.6 Å². The Bertz CT molecular complexity index is 1060. The number of anilines is 2. The van der Waals surface area contributed by atoms with Crippen LogP contribution in [0.25, 0.3) is 0 Å². The average molecular weight is 455 g/mol. The summed E-state index contributed by atoms with van der Waals surface area (Å²) < 4.78 is 5.73. The highest BCUT2D eigenvalue weighted by Crippen LogP contribution is 2.42. The zero-order valence-electron chi connectivity index (χ0n) is 17.2. The number of aromatic nitrogens is 1. The third kappa shape index (κ3) is 4.50. The zero-order chi connectivity index (χ0) is 21.8. The van der Waals surface area contributed by atoms with E-state index < -0.39 is 5.41 Å². The van der Waals surface area contributed by atoms with Gasteiger partial charge in [-0.2, -0.15) is 0 Å². The molecule has 0 atom stereocenters. The summed E-state index contributed by atoms with van der Waals surface area (Å²) in [6.45, 7) is 1.58. The number of hydrogen-bond donors (Lipinski definition) is 0. The molecule has 7 heteroatoms. The molecule has 4 rings (SSSR count). The standard InChI is InChI=1S/C24H23ClN2O3S/c1-17(28)27(21-7-3-2-4-8-21)23-26-20(16-31-23)15-30-22(29)24(13-5-6-14-24)18-9-11-19(25)12-10-18/h2-4,7-12,16H,5-6,13-15H2,1H3. The van der Waals surface area contributed by atoms with Gasteiger partial charge in [0.05, 0.1) is 16.8 Å². The number of esters is 1. The van der Waals surface area contributed by atoms with E-state index in [2.05, 4.69) is 4.98 Å². The first kappa shape index (κ1) is 21.5. The third-order valence-electron chi connectivity index (χ3n) is 5.66. The molecule has 3 aromatic rings. The van der Waals surface area contributed by atoms with Crippen molar-refractivity contribution in [2.75, 3.05) is 4.90 Å². The fourth-order valence-electron chi connectivity index (χ4n) is 4.11. The van der Waals surface area contributed by atoms with Gasteiger partial charge in [-0.05, 0) is 42.7 Å². The van der Waals surface area contributed by atoms with Crippen molar-refractivity contribution in [3.8, 4) is 0 Å². The summed E-state index contributed by atoms with van der Waals surface area (Å²) >= 11 is 7.38. The molecule has 31 heavy (non-hydrogen) atoms. The monoisotopic (exact) mass is 454 g/mol. The zero-order valence-corrected chi connectivity index (χ0v) is 18.8. The maximum Gasteiger partial charge on any atom is 0.316 e.